The SMILES string of the molecule is CC(Nc1ccc2ncccc2c1)C1CC2C=CC1C2. The molecule has 0 saturated heterocycles. The number of hydrogen-bond acceptors (Lipinski definition) is 2. The van der Waals surface area contributed by atoms with Crippen LogP contribution >= 0.6 is 0 Å². The first-order valence-electron chi connectivity index (χ1n) is 7.59. The molecule has 4 rings (SSSR count). The van der Waals surface area contributed by atoms with Gasteiger partial charge in [0.25, 0.3) is 0 Å². The predicted molar refractivity (Wildman–Crippen MR) is 83.7 cm³/mol. The molecule has 0 amide bonds. The van der Waals surface area contributed by atoms with Gasteiger partial charge in [-0.15, -0.1) is 0 Å². The van der Waals surface area contributed by atoms with Crippen molar-refractivity contribution >= 4 is 16.6 Å². The lowest BCUT2D eigenvalue weighted by Gasteiger charge is -2.27. The maximum absolute atomic E-state index is 4.37. The smallest absolute Gasteiger partial charge is 0.0703 e. The first kappa shape index (κ1) is 12.0. The third kappa shape index (κ3) is 2.00. The van der Waals surface area contributed by atoms with Gasteiger partial charge in [0.05, 0.1) is 5.52 Å². The van der Waals surface area contributed by atoms with Gasteiger partial charge in [0, 0.05) is 23.3 Å². The van der Waals surface area contributed by atoms with Gasteiger partial charge >= 0.3 is 0 Å². The number of rotatable bonds is 3. The van der Waals surface area contributed by atoms with Crippen LogP contribution in [0.15, 0.2) is 48.7 Å². The number of nitrogens with zero attached hydrogens (tertiary/aromatic N) is 1. The van der Waals surface area contributed by atoms with E-state index in [1.807, 2.05) is 12.3 Å². The van der Waals surface area contributed by atoms with Crippen LogP contribution in [0.4, 0.5) is 5.69 Å². The van der Waals surface area contributed by atoms with Crippen LogP contribution in [0, 0.1) is 17.8 Å². The van der Waals surface area contributed by atoms with Crippen molar-refractivity contribution in [3.8, 4) is 0 Å². The highest BCUT2D eigenvalue weighted by molar-refractivity contribution is 5.82. The standard InChI is InChI=1S/C18H20N2/c1-12(17-10-13-4-5-14(17)9-13)20-16-6-7-18-15(11-16)3-2-8-19-18/h2-8,11-14,17,20H,9-10H2,1H3. The zero-order chi connectivity index (χ0) is 13.5. The van der Waals surface area contributed by atoms with Crippen molar-refractivity contribution in [3.05, 3.63) is 48.7 Å². The van der Waals surface area contributed by atoms with Crippen LogP contribution in [0.2, 0.25) is 0 Å². The molecule has 1 aromatic heterocycles. The largest absolute Gasteiger partial charge is 0.382 e. The fourth-order valence-electron chi connectivity index (χ4n) is 3.93. The maximum atomic E-state index is 4.37. The monoisotopic (exact) mass is 264 g/mol. The molecule has 102 valence electrons. The van der Waals surface area contributed by atoms with Crippen LogP contribution in [0.25, 0.3) is 10.9 Å². The molecule has 1 fully saturated rings. The zero-order valence-electron chi connectivity index (χ0n) is 11.8. The van der Waals surface area contributed by atoms with Crippen LogP contribution in [-0.4, -0.2) is 11.0 Å². The Labute approximate surface area is 119 Å². The molecule has 2 bridgehead atoms. The Morgan fingerprint density at radius 2 is 2.15 bits per heavy atom. The molecule has 0 aliphatic heterocycles. The summed E-state index contributed by atoms with van der Waals surface area (Å²) in [5.41, 5.74) is 2.28. The summed E-state index contributed by atoms with van der Waals surface area (Å²) in [4.78, 5) is 4.37. The van der Waals surface area contributed by atoms with Gasteiger partial charge in [-0.1, -0.05) is 18.2 Å². The van der Waals surface area contributed by atoms with Crippen molar-refractivity contribution in [2.45, 2.75) is 25.8 Å². The molecule has 1 heterocycles. The molecule has 0 radical (unpaired) electrons. The van der Waals surface area contributed by atoms with Gasteiger partial charge in [-0.25, -0.2) is 0 Å². The number of aromatic nitrogens is 1. The van der Waals surface area contributed by atoms with E-state index in [2.05, 4.69) is 53.6 Å². The van der Waals surface area contributed by atoms with E-state index in [0.717, 1.165) is 23.3 Å². The molecule has 1 aromatic carbocycles. The second-order valence-electron chi connectivity index (χ2n) is 6.29. The number of anilines is 1. The van der Waals surface area contributed by atoms with Gasteiger partial charge in [0.15, 0.2) is 0 Å². The Bertz CT molecular complexity index is 661. The molecule has 2 nitrogen and oxygen atoms in total. The number of fused-ring (bicyclic) bond motifs is 3. The van der Waals surface area contributed by atoms with Crippen molar-refractivity contribution in [2.75, 3.05) is 5.32 Å². The summed E-state index contributed by atoms with van der Waals surface area (Å²) >= 11 is 0. The molecule has 2 aromatic rings. The molecule has 2 heteroatoms. The van der Waals surface area contributed by atoms with E-state index in [4.69, 9.17) is 0 Å². The molecule has 1 saturated carbocycles. The third-order valence-corrected chi connectivity index (χ3v) is 4.97. The van der Waals surface area contributed by atoms with E-state index < -0.39 is 0 Å². The van der Waals surface area contributed by atoms with Crippen LogP contribution in [0.3, 0.4) is 0 Å². The fourth-order valence-corrected chi connectivity index (χ4v) is 3.93. The molecule has 2 aliphatic carbocycles. The summed E-state index contributed by atoms with van der Waals surface area (Å²) in [5, 5.41) is 4.91. The Morgan fingerprint density at radius 1 is 1.20 bits per heavy atom. The van der Waals surface area contributed by atoms with Crippen molar-refractivity contribution in [3.63, 3.8) is 0 Å². The second kappa shape index (κ2) is 4.62. The molecule has 4 atom stereocenters. The number of pyridine rings is 1. The number of nitrogens with one attached hydrogen (secondary N) is 1. The van der Waals surface area contributed by atoms with E-state index in [0.29, 0.717) is 6.04 Å². The summed E-state index contributed by atoms with van der Waals surface area (Å²) in [6.07, 6.45) is 9.42. The minimum absolute atomic E-state index is 0.532. The van der Waals surface area contributed by atoms with Gasteiger partial charge in [-0.2, -0.15) is 0 Å². The van der Waals surface area contributed by atoms with Crippen molar-refractivity contribution in [1.29, 1.82) is 0 Å². The molecular weight excluding hydrogens is 244 g/mol. The van der Waals surface area contributed by atoms with Gasteiger partial charge in [-0.05, 0) is 61.8 Å². The first-order valence-corrected chi connectivity index (χ1v) is 7.59. The molecule has 0 spiro atoms. The lowest BCUT2D eigenvalue weighted by molar-refractivity contribution is 0.400. The average molecular weight is 264 g/mol. The van der Waals surface area contributed by atoms with E-state index in [-0.39, 0.29) is 0 Å². The molecule has 20 heavy (non-hydrogen) atoms. The van der Waals surface area contributed by atoms with Crippen molar-refractivity contribution in [1.82, 2.24) is 4.98 Å². The number of hydrogen-bond donors (Lipinski definition) is 1. The van der Waals surface area contributed by atoms with Crippen LogP contribution in [0.5, 0.6) is 0 Å². The predicted octanol–water partition coefficient (Wildman–Crippen LogP) is 4.25. The highest BCUT2D eigenvalue weighted by Gasteiger charge is 2.38. The van der Waals surface area contributed by atoms with Crippen molar-refractivity contribution in [2.24, 2.45) is 17.8 Å². The molecule has 2 aliphatic rings. The fraction of sp³-hybridized carbons (Fsp3) is 0.389. The molecule has 4 unspecified atom stereocenters. The first-order chi connectivity index (χ1) is 9.79. The minimum Gasteiger partial charge on any atom is -0.382 e. The van der Waals surface area contributed by atoms with Crippen LogP contribution in [-0.2, 0) is 0 Å². The summed E-state index contributed by atoms with van der Waals surface area (Å²) in [6, 6.07) is 11.1. The van der Waals surface area contributed by atoms with E-state index in [1.165, 1.54) is 23.9 Å². The Kier molecular flexibility index (Phi) is 2.76. The Hall–Kier alpha value is -1.83. The highest BCUT2D eigenvalue weighted by Crippen LogP contribution is 2.45. The number of allylic oxidation sites excluding steroid dienone is 2. The van der Waals surface area contributed by atoms with E-state index in [1.54, 1.807) is 0 Å². The Balaban J connectivity index is 1.53. The van der Waals surface area contributed by atoms with Crippen LogP contribution in [0.1, 0.15) is 19.8 Å². The second-order valence-corrected chi connectivity index (χ2v) is 6.29. The summed E-state index contributed by atoms with van der Waals surface area (Å²) in [7, 11) is 0. The van der Waals surface area contributed by atoms with Crippen LogP contribution < -0.4 is 5.32 Å². The minimum atomic E-state index is 0.532. The maximum Gasteiger partial charge on any atom is 0.0703 e. The van der Waals surface area contributed by atoms with Gasteiger partial charge in [0.1, 0.15) is 0 Å². The third-order valence-electron chi connectivity index (χ3n) is 4.97. The van der Waals surface area contributed by atoms with E-state index in [9.17, 15) is 0 Å². The summed E-state index contributed by atoms with van der Waals surface area (Å²) in [6.45, 7) is 2.33. The van der Waals surface area contributed by atoms with Gasteiger partial charge in [-0.3, -0.25) is 4.98 Å². The van der Waals surface area contributed by atoms with Gasteiger partial charge in [0.2, 0.25) is 0 Å². The number of benzene rings is 1. The van der Waals surface area contributed by atoms with Gasteiger partial charge < -0.3 is 5.32 Å². The zero-order valence-corrected chi connectivity index (χ0v) is 11.8. The lowest BCUT2D eigenvalue weighted by atomic mass is 9.87. The molecular formula is C18H20N2. The quantitative estimate of drug-likeness (QED) is 0.838. The highest BCUT2D eigenvalue weighted by atomic mass is 14.9. The summed E-state index contributed by atoms with van der Waals surface area (Å²) < 4.78 is 0. The summed E-state index contributed by atoms with van der Waals surface area (Å²) in [5.74, 6) is 2.43. The average Bonchev–Trinajstić information content (AvgIpc) is 3.10. The molecule has 1 N–H and O–H groups in total. The topological polar surface area (TPSA) is 24.9 Å². The lowest BCUT2D eigenvalue weighted by Crippen LogP contribution is -2.28. The van der Waals surface area contributed by atoms with E-state index >= 15 is 0 Å². The van der Waals surface area contributed by atoms with Crippen molar-refractivity contribution < 1.29 is 0 Å². The Morgan fingerprint density at radius 3 is 2.95 bits per heavy atom. The normalized spacial score (nSPS) is 28.9.